The summed E-state index contributed by atoms with van der Waals surface area (Å²) < 4.78 is 57.6. The van der Waals surface area contributed by atoms with E-state index in [9.17, 15) is 37.2 Å². The van der Waals surface area contributed by atoms with Gasteiger partial charge < -0.3 is 20.5 Å². The number of benzene rings is 1. The van der Waals surface area contributed by atoms with E-state index in [2.05, 4.69) is 15.6 Å². The zero-order chi connectivity index (χ0) is 27.4. The number of aryl methyl sites for hydroxylation is 1. The van der Waals surface area contributed by atoms with Gasteiger partial charge in [0.15, 0.2) is 0 Å². The number of rotatable bonds is 5. The topological polar surface area (TPSA) is 118 Å². The highest BCUT2D eigenvalue weighted by molar-refractivity contribution is 6.01. The van der Waals surface area contributed by atoms with E-state index in [1.807, 2.05) is 6.07 Å². The van der Waals surface area contributed by atoms with Crippen LogP contribution in [0.15, 0.2) is 12.1 Å². The molecule has 5 rings (SSSR count). The average molecular weight is 534 g/mol. The van der Waals surface area contributed by atoms with Crippen molar-refractivity contribution in [3.63, 3.8) is 0 Å². The van der Waals surface area contributed by atoms with Crippen LogP contribution in [0.3, 0.4) is 0 Å². The average Bonchev–Trinajstić information content (AvgIpc) is 3.53. The van der Waals surface area contributed by atoms with Gasteiger partial charge in [0, 0.05) is 37.2 Å². The van der Waals surface area contributed by atoms with Crippen molar-refractivity contribution in [1.82, 2.24) is 20.5 Å². The molecule has 2 aliphatic heterocycles. The molecule has 1 aliphatic carbocycles. The van der Waals surface area contributed by atoms with Crippen LogP contribution < -0.4 is 10.6 Å². The Bertz CT molecular complexity index is 1350. The molecule has 0 spiro atoms. The number of halogens is 4. The molecule has 38 heavy (non-hydrogen) atoms. The van der Waals surface area contributed by atoms with Crippen LogP contribution in [0.1, 0.15) is 48.2 Å². The molecule has 0 bridgehead atoms. The molecule has 3 fully saturated rings. The van der Waals surface area contributed by atoms with Crippen molar-refractivity contribution in [1.29, 1.82) is 5.26 Å². The van der Waals surface area contributed by atoms with Crippen LogP contribution in [-0.2, 0) is 9.59 Å². The van der Waals surface area contributed by atoms with E-state index in [-0.39, 0.29) is 41.0 Å². The van der Waals surface area contributed by atoms with Crippen LogP contribution in [0.2, 0.25) is 0 Å². The van der Waals surface area contributed by atoms with Gasteiger partial charge in [-0.05, 0) is 55.7 Å². The lowest BCUT2D eigenvalue weighted by atomic mass is 9.90. The van der Waals surface area contributed by atoms with Gasteiger partial charge in [-0.25, -0.2) is 17.6 Å². The number of amides is 3. The number of H-pyrrole nitrogens is 1. The highest BCUT2D eigenvalue weighted by atomic mass is 19.3. The van der Waals surface area contributed by atoms with Crippen molar-refractivity contribution in [3.05, 3.63) is 35.0 Å². The molecule has 3 heterocycles. The van der Waals surface area contributed by atoms with Gasteiger partial charge in [-0.3, -0.25) is 14.4 Å². The molecule has 3 aliphatic rings. The van der Waals surface area contributed by atoms with Crippen molar-refractivity contribution in [2.75, 3.05) is 13.1 Å². The number of hydrogen-bond donors (Lipinski definition) is 3. The Kier molecular flexibility index (Phi) is 6.57. The number of aromatic amines is 1. The Morgan fingerprint density at radius 2 is 2.05 bits per heavy atom. The van der Waals surface area contributed by atoms with E-state index >= 15 is 0 Å². The van der Waals surface area contributed by atoms with Gasteiger partial charge in [0.1, 0.15) is 29.4 Å². The zero-order valence-electron chi connectivity index (χ0n) is 20.6. The van der Waals surface area contributed by atoms with Crippen LogP contribution in [0, 0.1) is 47.6 Å². The Labute approximate surface area is 215 Å². The van der Waals surface area contributed by atoms with Gasteiger partial charge in [-0.2, -0.15) is 5.26 Å². The third kappa shape index (κ3) is 4.59. The van der Waals surface area contributed by atoms with Gasteiger partial charge in [-0.15, -0.1) is 0 Å². The summed E-state index contributed by atoms with van der Waals surface area (Å²) in [6.07, 6.45) is 0.245. The summed E-state index contributed by atoms with van der Waals surface area (Å²) in [7, 11) is 0. The minimum Gasteiger partial charge on any atom is -0.356 e. The number of piperidine rings is 1. The minimum atomic E-state index is -3.00. The first kappa shape index (κ1) is 26.0. The van der Waals surface area contributed by atoms with Gasteiger partial charge in [-0.1, -0.05) is 0 Å². The molecule has 2 saturated heterocycles. The molecule has 0 unspecified atom stereocenters. The molecule has 1 aromatic heterocycles. The molecule has 3 N–H and O–H groups in total. The molecule has 3 amide bonds. The second-order valence-electron chi connectivity index (χ2n) is 10.6. The summed E-state index contributed by atoms with van der Waals surface area (Å²) in [5.41, 5.74) is -0.336. The second-order valence-corrected chi connectivity index (χ2v) is 10.6. The smallest absolute Gasteiger partial charge is 0.271 e. The molecule has 2 aromatic rings. The van der Waals surface area contributed by atoms with E-state index in [0.29, 0.717) is 13.0 Å². The minimum absolute atomic E-state index is 0.0419. The van der Waals surface area contributed by atoms with E-state index in [4.69, 9.17) is 0 Å². The number of aromatic nitrogens is 1. The summed E-state index contributed by atoms with van der Waals surface area (Å²) >= 11 is 0. The molecule has 1 saturated carbocycles. The van der Waals surface area contributed by atoms with Crippen LogP contribution in [0.5, 0.6) is 0 Å². The Balaban J connectivity index is 1.41. The lowest BCUT2D eigenvalue weighted by molar-refractivity contribution is -0.129. The molecule has 8 nitrogen and oxygen atoms in total. The van der Waals surface area contributed by atoms with Crippen molar-refractivity contribution in [2.24, 2.45) is 17.8 Å². The van der Waals surface area contributed by atoms with Crippen LogP contribution in [-0.4, -0.2) is 58.7 Å². The Morgan fingerprint density at radius 1 is 1.29 bits per heavy atom. The van der Waals surface area contributed by atoms with Crippen molar-refractivity contribution >= 4 is 28.6 Å². The van der Waals surface area contributed by atoms with Crippen molar-refractivity contribution in [2.45, 2.75) is 57.0 Å². The highest BCUT2D eigenvalue weighted by Crippen LogP contribution is 2.50. The summed E-state index contributed by atoms with van der Waals surface area (Å²) in [5.74, 6) is -8.18. The number of carbonyl (C=O) groups is 3. The molecule has 5 atom stereocenters. The molecule has 202 valence electrons. The van der Waals surface area contributed by atoms with Gasteiger partial charge in [0.2, 0.25) is 17.7 Å². The van der Waals surface area contributed by atoms with Gasteiger partial charge in [0.25, 0.3) is 5.91 Å². The number of fused-ring (bicyclic) bond motifs is 2. The van der Waals surface area contributed by atoms with Gasteiger partial charge >= 0.3 is 0 Å². The molecular formula is C26H27F4N5O3. The lowest BCUT2D eigenvalue weighted by Gasteiger charge is -2.29. The third-order valence-corrected chi connectivity index (χ3v) is 8.01. The summed E-state index contributed by atoms with van der Waals surface area (Å²) in [4.78, 5) is 42.8. The first-order chi connectivity index (χ1) is 18.0. The maximum Gasteiger partial charge on any atom is 0.271 e. The predicted molar refractivity (Wildman–Crippen MR) is 127 cm³/mol. The molecular weight excluding hydrogens is 506 g/mol. The predicted octanol–water partition coefficient (Wildman–Crippen LogP) is 3.17. The van der Waals surface area contributed by atoms with Crippen molar-refractivity contribution < 1.29 is 31.9 Å². The van der Waals surface area contributed by atoms with Gasteiger partial charge in [0.05, 0.1) is 11.6 Å². The van der Waals surface area contributed by atoms with Crippen LogP contribution in [0.25, 0.3) is 10.9 Å². The number of carbonyl (C=O) groups excluding carboxylic acids is 3. The maximum absolute atomic E-state index is 14.6. The fourth-order valence-corrected chi connectivity index (χ4v) is 6.20. The second kappa shape index (κ2) is 9.60. The highest BCUT2D eigenvalue weighted by Gasteiger charge is 2.58. The van der Waals surface area contributed by atoms with Crippen LogP contribution >= 0.6 is 0 Å². The quantitative estimate of drug-likeness (QED) is 0.512. The standard InChI is InChI=1S/C26H27F4N5O3/c1-12-5-18(27)16-7-19(34-21(16)20(12)28)25(38)35-11-14-8-26(29,30)9-17(14)22(35)24(37)33-15(10-31)6-13-3-2-4-32-23(13)36/h5,7,13-15,17,22,34H,2-4,6,8-9,11H2,1H3,(H,32,36)(H,33,37)/t13-,14-,15+,17-,22-/m1/s1. The van der Waals surface area contributed by atoms with E-state index in [1.165, 1.54) is 6.92 Å². The number of alkyl halides is 2. The number of likely N-dealkylation sites (tertiary alicyclic amines) is 1. The normalized spacial score (nSPS) is 27.1. The first-order valence-corrected chi connectivity index (χ1v) is 12.6. The van der Waals surface area contributed by atoms with Crippen LogP contribution in [0.4, 0.5) is 17.6 Å². The zero-order valence-corrected chi connectivity index (χ0v) is 20.6. The lowest BCUT2D eigenvalue weighted by Crippen LogP contribution is -2.52. The number of hydrogen-bond acceptors (Lipinski definition) is 4. The monoisotopic (exact) mass is 533 g/mol. The summed E-state index contributed by atoms with van der Waals surface area (Å²) in [6, 6.07) is 1.74. The first-order valence-electron chi connectivity index (χ1n) is 12.6. The van der Waals surface area contributed by atoms with E-state index in [1.54, 1.807) is 0 Å². The molecule has 0 radical (unpaired) electrons. The number of nitrogens with one attached hydrogen (secondary N) is 3. The molecule has 12 heteroatoms. The Hall–Kier alpha value is -3.62. The Morgan fingerprint density at radius 3 is 2.76 bits per heavy atom. The third-order valence-electron chi connectivity index (χ3n) is 8.01. The van der Waals surface area contributed by atoms with E-state index < -0.39 is 72.1 Å². The SMILES string of the molecule is Cc1cc(F)c2cc(C(=O)N3C[C@H]4CC(F)(F)C[C@H]4[C@@H]3C(=O)N[C@H](C#N)C[C@H]3CCCNC3=O)[nH]c2c1F. The van der Waals surface area contributed by atoms with Crippen molar-refractivity contribution in [3.8, 4) is 6.07 Å². The summed E-state index contributed by atoms with van der Waals surface area (Å²) in [6.45, 7) is 1.78. The molecule has 1 aromatic carbocycles. The number of nitriles is 1. The fourth-order valence-electron chi connectivity index (χ4n) is 6.20. The van der Waals surface area contributed by atoms with E-state index in [0.717, 1.165) is 23.5 Å². The largest absolute Gasteiger partial charge is 0.356 e. The maximum atomic E-state index is 14.6. The number of nitrogens with zero attached hydrogens (tertiary/aromatic N) is 2. The summed E-state index contributed by atoms with van der Waals surface area (Å²) in [5, 5.41) is 14.8. The fraction of sp³-hybridized carbons (Fsp3) is 0.538.